The molecule has 0 spiro atoms. The molecule has 0 amide bonds. The highest BCUT2D eigenvalue weighted by atomic mass is 79.9. The summed E-state index contributed by atoms with van der Waals surface area (Å²) in [6, 6.07) is 3.46. The van der Waals surface area contributed by atoms with Crippen LogP contribution in [0, 0.1) is 0 Å². The second kappa shape index (κ2) is 4.73. The number of nitrogens with zero attached hydrogens (tertiary/aromatic N) is 3. The van der Waals surface area contributed by atoms with Crippen LogP contribution in [0.25, 0.3) is 11.0 Å². The Labute approximate surface area is 105 Å². The summed E-state index contributed by atoms with van der Waals surface area (Å²) in [5.41, 5.74) is 12.4. The molecule has 0 aliphatic carbocycles. The summed E-state index contributed by atoms with van der Waals surface area (Å²) >= 11 is 7.02. The lowest BCUT2D eigenvalue weighted by molar-refractivity contribution is 1.43. The predicted octanol–water partition coefficient (Wildman–Crippen LogP) is 1.83. The monoisotopic (exact) mass is 307 g/mol. The quantitative estimate of drug-likeness (QED) is 0.621. The number of aromatic nitrogens is 2. The molecule has 15 heavy (non-hydrogen) atoms. The molecule has 0 unspecified atom stereocenters. The van der Waals surface area contributed by atoms with Crippen LogP contribution in [0.2, 0.25) is 5.02 Å². The molecule has 80 valence electrons. The number of nitrogens with two attached hydrogens (primary N) is 2. The van der Waals surface area contributed by atoms with Crippen LogP contribution in [0.3, 0.4) is 0 Å². The number of hydrogen-bond acceptors (Lipinski definition) is 4. The van der Waals surface area contributed by atoms with Crippen LogP contribution < -0.4 is 11.5 Å². The van der Waals surface area contributed by atoms with Crippen LogP contribution in [-0.2, 0) is 0 Å². The molecule has 0 fully saturated rings. The van der Waals surface area contributed by atoms with Gasteiger partial charge in [-0.15, -0.1) is 17.0 Å². The molecule has 0 saturated carbocycles. The van der Waals surface area contributed by atoms with Crippen molar-refractivity contribution in [1.82, 2.24) is 8.75 Å². The van der Waals surface area contributed by atoms with Crippen LogP contribution in [-0.4, -0.2) is 14.7 Å². The lowest BCUT2D eigenvalue weighted by atomic mass is 10.3. The minimum Gasteiger partial charge on any atom is -0.370 e. The summed E-state index contributed by atoms with van der Waals surface area (Å²) in [5, 5.41) is 0.457. The normalized spacial score (nSPS) is 9.67. The maximum atomic E-state index is 5.92. The second-order valence-corrected chi connectivity index (χ2v) is 3.50. The zero-order valence-electron chi connectivity index (χ0n) is 7.35. The molecule has 0 radical (unpaired) electrons. The van der Waals surface area contributed by atoms with Gasteiger partial charge in [0.1, 0.15) is 16.7 Å². The van der Waals surface area contributed by atoms with Crippen LogP contribution in [0.5, 0.6) is 0 Å². The van der Waals surface area contributed by atoms with E-state index in [9.17, 15) is 0 Å². The van der Waals surface area contributed by atoms with Crippen molar-refractivity contribution in [1.29, 1.82) is 0 Å². The molecule has 1 heterocycles. The number of benzene rings is 1. The molecule has 0 atom stereocenters. The van der Waals surface area contributed by atoms with Crippen molar-refractivity contribution in [2.45, 2.75) is 0 Å². The fourth-order valence-electron chi connectivity index (χ4n) is 1.05. The first-order chi connectivity index (χ1) is 6.68. The largest absolute Gasteiger partial charge is 0.370 e. The maximum Gasteiger partial charge on any atom is 0.191 e. The Morgan fingerprint density at radius 2 is 2.07 bits per heavy atom. The van der Waals surface area contributed by atoms with Crippen LogP contribution in [0.15, 0.2) is 17.1 Å². The van der Waals surface area contributed by atoms with Crippen molar-refractivity contribution in [2.75, 3.05) is 0 Å². The molecule has 1 aromatic carbocycles. The van der Waals surface area contributed by atoms with E-state index >= 15 is 0 Å². The van der Waals surface area contributed by atoms with E-state index in [1.54, 1.807) is 12.1 Å². The first-order valence-corrected chi connectivity index (χ1v) is 4.79. The van der Waals surface area contributed by atoms with Gasteiger partial charge >= 0.3 is 0 Å². The van der Waals surface area contributed by atoms with E-state index in [0.29, 0.717) is 16.2 Å². The van der Waals surface area contributed by atoms with Crippen molar-refractivity contribution in [3.63, 3.8) is 0 Å². The van der Waals surface area contributed by atoms with E-state index in [0.717, 1.165) is 17.2 Å². The third kappa shape index (κ3) is 2.36. The van der Waals surface area contributed by atoms with Gasteiger partial charge in [-0.25, -0.2) is 4.99 Å². The van der Waals surface area contributed by atoms with Crippen molar-refractivity contribution < 1.29 is 0 Å². The summed E-state index contributed by atoms with van der Waals surface area (Å²) < 4.78 is 8.11. The van der Waals surface area contributed by atoms with Crippen LogP contribution >= 0.6 is 40.3 Å². The van der Waals surface area contributed by atoms with Gasteiger partial charge in [-0.3, -0.25) is 0 Å². The molecule has 0 aliphatic heterocycles. The number of fused-ring (bicyclic) bond motifs is 1. The van der Waals surface area contributed by atoms with Crippen molar-refractivity contribution >= 4 is 63.0 Å². The zero-order valence-corrected chi connectivity index (χ0v) is 10.6. The predicted molar refractivity (Wildman–Crippen MR) is 68.2 cm³/mol. The maximum absolute atomic E-state index is 5.92. The van der Waals surface area contributed by atoms with E-state index < -0.39 is 0 Å². The molecule has 8 heteroatoms. The van der Waals surface area contributed by atoms with Gasteiger partial charge in [-0.1, -0.05) is 11.6 Å². The molecule has 2 rings (SSSR count). The molecular weight excluding hydrogens is 302 g/mol. The molecule has 0 bridgehead atoms. The summed E-state index contributed by atoms with van der Waals surface area (Å²) in [5.74, 6) is -0.0487. The third-order valence-corrected chi connectivity index (χ3v) is 2.44. The Morgan fingerprint density at radius 3 is 2.73 bits per heavy atom. The average molecular weight is 309 g/mol. The number of guanidine groups is 1. The lowest BCUT2D eigenvalue weighted by Crippen LogP contribution is -2.21. The molecule has 0 saturated heterocycles. The van der Waals surface area contributed by atoms with Gasteiger partial charge in [0, 0.05) is 0 Å². The first-order valence-electron chi connectivity index (χ1n) is 3.69. The second-order valence-electron chi connectivity index (χ2n) is 2.56. The Hall–Kier alpha value is -0.920. The Balaban J connectivity index is 0.00000112. The molecule has 4 N–H and O–H groups in total. The number of hydrogen-bond donors (Lipinski definition) is 2. The first kappa shape index (κ1) is 12.2. The Kier molecular flexibility index (Phi) is 3.83. The molecule has 2 aromatic rings. The summed E-state index contributed by atoms with van der Waals surface area (Å²) in [6.45, 7) is 0. The van der Waals surface area contributed by atoms with Gasteiger partial charge in [-0.2, -0.15) is 8.75 Å². The van der Waals surface area contributed by atoms with Crippen molar-refractivity contribution in [3.8, 4) is 0 Å². The van der Waals surface area contributed by atoms with Gasteiger partial charge in [0.15, 0.2) is 5.96 Å². The smallest absolute Gasteiger partial charge is 0.191 e. The van der Waals surface area contributed by atoms with E-state index in [-0.39, 0.29) is 22.9 Å². The van der Waals surface area contributed by atoms with Crippen LogP contribution in [0.4, 0.5) is 5.69 Å². The highest BCUT2D eigenvalue weighted by Gasteiger charge is 2.08. The van der Waals surface area contributed by atoms with Crippen molar-refractivity contribution in [3.05, 3.63) is 17.2 Å². The minimum atomic E-state index is -0.0487. The molecule has 0 aliphatic rings. The lowest BCUT2D eigenvalue weighted by Gasteiger charge is -1.98. The van der Waals surface area contributed by atoms with Crippen molar-refractivity contribution in [2.24, 2.45) is 16.5 Å². The average Bonchev–Trinajstić information content (AvgIpc) is 2.57. The van der Waals surface area contributed by atoms with E-state index in [2.05, 4.69) is 13.7 Å². The highest BCUT2D eigenvalue weighted by molar-refractivity contribution is 8.93. The van der Waals surface area contributed by atoms with Gasteiger partial charge < -0.3 is 11.5 Å². The van der Waals surface area contributed by atoms with Gasteiger partial charge in [0.2, 0.25) is 0 Å². The molecular formula is C7H7BrClN5S. The van der Waals surface area contributed by atoms with Crippen LogP contribution in [0.1, 0.15) is 0 Å². The summed E-state index contributed by atoms with van der Waals surface area (Å²) in [7, 11) is 0. The number of aliphatic imine (C=N–C) groups is 1. The standard InChI is InChI=1S/C7H6ClN5S.BrH/c8-3-1-2-4-6(13-14-12-4)5(3)11-7(9)10;/h1-2H,(H4,9,10,11);1H. The fraction of sp³-hybridized carbons (Fsp3) is 0. The highest BCUT2D eigenvalue weighted by Crippen LogP contribution is 2.32. The van der Waals surface area contributed by atoms with E-state index in [4.69, 9.17) is 23.1 Å². The minimum absolute atomic E-state index is 0. The van der Waals surface area contributed by atoms with E-state index in [1.807, 2.05) is 0 Å². The van der Waals surface area contributed by atoms with Gasteiger partial charge in [0.05, 0.1) is 16.8 Å². The number of rotatable bonds is 1. The molecule has 5 nitrogen and oxygen atoms in total. The van der Waals surface area contributed by atoms with Gasteiger partial charge in [-0.05, 0) is 12.1 Å². The number of halogens is 2. The summed E-state index contributed by atoms with van der Waals surface area (Å²) in [6.07, 6.45) is 0. The Morgan fingerprint density at radius 1 is 1.33 bits per heavy atom. The zero-order chi connectivity index (χ0) is 10.1. The third-order valence-electron chi connectivity index (χ3n) is 1.59. The van der Waals surface area contributed by atoms with Gasteiger partial charge in [0.25, 0.3) is 0 Å². The summed E-state index contributed by atoms with van der Waals surface area (Å²) in [4.78, 5) is 3.90. The Bertz CT molecular complexity index is 507. The SMILES string of the molecule is Br.NC(N)=Nc1c(Cl)ccc2nsnc12. The topological polar surface area (TPSA) is 90.2 Å². The molecule has 1 aromatic heterocycles. The fourth-order valence-corrected chi connectivity index (χ4v) is 1.78. The van der Waals surface area contributed by atoms with E-state index in [1.165, 1.54) is 0 Å².